The molecule has 1 heterocycles. The van der Waals surface area contributed by atoms with Gasteiger partial charge in [-0.15, -0.1) is 0 Å². The average molecular weight is 280 g/mol. The Labute approximate surface area is 113 Å². The molecule has 6 heteroatoms. The molecule has 2 aromatic rings. The molecule has 0 aliphatic rings. The molecule has 2 rings (SSSR count). The van der Waals surface area contributed by atoms with E-state index in [9.17, 15) is 13.6 Å². The predicted molar refractivity (Wildman–Crippen MR) is 69.9 cm³/mol. The zero-order chi connectivity index (χ0) is 13.7. The summed E-state index contributed by atoms with van der Waals surface area (Å²) in [5.41, 5.74) is -0.0342. The van der Waals surface area contributed by atoms with Gasteiger partial charge in [-0.3, -0.25) is 4.79 Å². The van der Waals surface area contributed by atoms with Gasteiger partial charge < -0.3 is 5.32 Å². The number of pyridine rings is 1. The van der Waals surface area contributed by atoms with Crippen molar-refractivity contribution in [3.8, 4) is 0 Å². The highest BCUT2D eigenvalue weighted by atomic mass is 32.2. The van der Waals surface area contributed by atoms with E-state index >= 15 is 0 Å². The molecular formula is C13H10F2N2OS. The number of halogens is 2. The van der Waals surface area contributed by atoms with Crippen molar-refractivity contribution in [2.45, 2.75) is 5.03 Å². The minimum Gasteiger partial charge on any atom is -0.323 e. The number of thioether (sulfide) groups is 1. The zero-order valence-corrected chi connectivity index (χ0v) is 10.6. The first kappa shape index (κ1) is 13.5. The highest BCUT2D eigenvalue weighted by molar-refractivity contribution is 7.99. The first-order valence-electron chi connectivity index (χ1n) is 5.44. The summed E-state index contributed by atoms with van der Waals surface area (Å²) in [6, 6.07) is 8.36. The van der Waals surface area contributed by atoms with Crippen molar-refractivity contribution < 1.29 is 13.6 Å². The number of amides is 1. The Morgan fingerprint density at radius 2 is 2.11 bits per heavy atom. The fourth-order valence-corrected chi connectivity index (χ4v) is 2.01. The first-order chi connectivity index (χ1) is 9.15. The summed E-state index contributed by atoms with van der Waals surface area (Å²) in [5, 5.41) is 3.08. The van der Waals surface area contributed by atoms with E-state index in [1.165, 1.54) is 17.8 Å². The van der Waals surface area contributed by atoms with Gasteiger partial charge in [-0.05, 0) is 24.3 Å². The predicted octanol–water partition coefficient (Wildman–Crippen LogP) is 3.09. The van der Waals surface area contributed by atoms with Gasteiger partial charge in [-0.1, -0.05) is 17.8 Å². The molecule has 0 spiro atoms. The van der Waals surface area contributed by atoms with Crippen molar-refractivity contribution in [3.05, 3.63) is 54.2 Å². The third-order valence-electron chi connectivity index (χ3n) is 2.19. The van der Waals surface area contributed by atoms with E-state index < -0.39 is 11.6 Å². The van der Waals surface area contributed by atoms with Crippen LogP contribution in [0, 0.1) is 11.6 Å². The van der Waals surface area contributed by atoms with Crippen LogP contribution < -0.4 is 5.32 Å². The highest BCUT2D eigenvalue weighted by Gasteiger charge is 2.08. The molecule has 0 saturated heterocycles. The molecule has 1 N–H and O–H groups in total. The third kappa shape index (κ3) is 4.03. The maximum atomic E-state index is 13.3. The molecule has 19 heavy (non-hydrogen) atoms. The molecule has 0 bridgehead atoms. The van der Waals surface area contributed by atoms with E-state index in [0.29, 0.717) is 5.03 Å². The molecule has 98 valence electrons. The van der Waals surface area contributed by atoms with Gasteiger partial charge in [0.1, 0.15) is 11.6 Å². The highest BCUT2D eigenvalue weighted by Crippen LogP contribution is 2.17. The van der Waals surface area contributed by atoms with E-state index in [4.69, 9.17) is 0 Å². The molecule has 1 aromatic heterocycles. The van der Waals surface area contributed by atoms with Gasteiger partial charge in [0.15, 0.2) is 0 Å². The molecule has 0 fully saturated rings. The van der Waals surface area contributed by atoms with Crippen LogP contribution in [-0.4, -0.2) is 16.6 Å². The van der Waals surface area contributed by atoms with E-state index in [1.807, 2.05) is 6.07 Å². The minimum absolute atomic E-state index is 0.0342. The lowest BCUT2D eigenvalue weighted by Crippen LogP contribution is -2.15. The summed E-state index contributed by atoms with van der Waals surface area (Å²) in [7, 11) is 0. The zero-order valence-electron chi connectivity index (χ0n) is 9.77. The second-order valence-corrected chi connectivity index (χ2v) is 4.62. The van der Waals surface area contributed by atoms with Crippen LogP contribution in [0.1, 0.15) is 0 Å². The summed E-state index contributed by atoms with van der Waals surface area (Å²) in [5.74, 6) is -1.75. The number of carbonyl (C=O) groups is 1. The van der Waals surface area contributed by atoms with Gasteiger partial charge in [0.2, 0.25) is 5.91 Å². The SMILES string of the molecule is O=C(CSc1ccccn1)Nc1ccc(F)cc1F. The Kier molecular flexibility index (Phi) is 4.46. The van der Waals surface area contributed by atoms with Crippen LogP contribution in [0.2, 0.25) is 0 Å². The maximum absolute atomic E-state index is 13.3. The van der Waals surface area contributed by atoms with Crippen LogP contribution in [0.5, 0.6) is 0 Å². The number of aromatic nitrogens is 1. The van der Waals surface area contributed by atoms with E-state index in [-0.39, 0.29) is 17.3 Å². The Hall–Kier alpha value is -1.95. The van der Waals surface area contributed by atoms with Gasteiger partial charge in [0.05, 0.1) is 16.5 Å². The van der Waals surface area contributed by atoms with Crippen molar-refractivity contribution in [2.24, 2.45) is 0 Å². The number of hydrogen-bond donors (Lipinski definition) is 1. The second-order valence-electron chi connectivity index (χ2n) is 3.63. The standard InChI is InChI=1S/C13H10F2N2OS/c14-9-4-5-11(10(15)7-9)17-12(18)8-19-13-3-1-2-6-16-13/h1-7H,8H2,(H,17,18). The lowest BCUT2D eigenvalue weighted by Gasteiger charge is -2.06. The van der Waals surface area contributed by atoms with Gasteiger partial charge >= 0.3 is 0 Å². The minimum atomic E-state index is -0.795. The van der Waals surface area contributed by atoms with Crippen molar-refractivity contribution in [1.29, 1.82) is 0 Å². The van der Waals surface area contributed by atoms with Crippen LogP contribution in [0.4, 0.5) is 14.5 Å². The number of rotatable bonds is 4. The molecule has 0 aliphatic heterocycles. The number of nitrogens with one attached hydrogen (secondary N) is 1. The maximum Gasteiger partial charge on any atom is 0.234 e. The van der Waals surface area contributed by atoms with Gasteiger partial charge in [-0.25, -0.2) is 13.8 Å². The lowest BCUT2D eigenvalue weighted by atomic mass is 10.3. The smallest absolute Gasteiger partial charge is 0.234 e. The molecule has 0 aliphatic carbocycles. The van der Waals surface area contributed by atoms with Crippen molar-refractivity contribution in [2.75, 3.05) is 11.1 Å². The van der Waals surface area contributed by atoms with Crippen LogP contribution in [0.15, 0.2) is 47.6 Å². The number of carbonyl (C=O) groups excluding carboxylic acids is 1. The summed E-state index contributed by atoms with van der Waals surface area (Å²) in [6.07, 6.45) is 1.62. The van der Waals surface area contributed by atoms with Crippen LogP contribution in [-0.2, 0) is 4.79 Å². The summed E-state index contributed by atoms with van der Waals surface area (Å²) in [4.78, 5) is 15.6. The molecule has 0 radical (unpaired) electrons. The van der Waals surface area contributed by atoms with Gasteiger partial charge in [0.25, 0.3) is 0 Å². The molecule has 0 saturated carbocycles. The second kappa shape index (κ2) is 6.29. The van der Waals surface area contributed by atoms with Crippen molar-refractivity contribution in [3.63, 3.8) is 0 Å². The Balaban J connectivity index is 1.91. The topological polar surface area (TPSA) is 42.0 Å². The largest absolute Gasteiger partial charge is 0.323 e. The Morgan fingerprint density at radius 3 is 2.79 bits per heavy atom. The first-order valence-corrected chi connectivity index (χ1v) is 6.42. The van der Waals surface area contributed by atoms with Crippen LogP contribution in [0.3, 0.4) is 0 Å². The van der Waals surface area contributed by atoms with Gasteiger partial charge in [0, 0.05) is 12.3 Å². The number of nitrogens with zero attached hydrogens (tertiary/aromatic N) is 1. The Bertz CT molecular complexity index is 578. The summed E-state index contributed by atoms with van der Waals surface area (Å²) < 4.78 is 26.0. The fourth-order valence-electron chi connectivity index (χ4n) is 1.35. The van der Waals surface area contributed by atoms with E-state index in [1.54, 1.807) is 18.3 Å². The van der Waals surface area contributed by atoms with E-state index in [0.717, 1.165) is 12.1 Å². The molecule has 3 nitrogen and oxygen atoms in total. The number of benzene rings is 1. The lowest BCUT2D eigenvalue weighted by molar-refractivity contribution is -0.113. The average Bonchev–Trinajstić information content (AvgIpc) is 2.41. The van der Waals surface area contributed by atoms with Crippen molar-refractivity contribution >= 4 is 23.4 Å². The number of hydrogen-bond acceptors (Lipinski definition) is 3. The normalized spacial score (nSPS) is 10.2. The molecule has 1 amide bonds. The monoisotopic (exact) mass is 280 g/mol. The quantitative estimate of drug-likeness (QED) is 0.875. The summed E-state index contributed by atoms with van der Waals surface area (Å²) >= 11 is 1.24. The molecule has 0 atom stereocenters. The fraction of sp³-hybridized carbons (Fsp3) is 0.0769. The van der Waals surface area contributed by atoms with Gasteiger partial charge in [-0.2, -0.15) is 0 Å². The summed E-state index contributed by atoms with van der Waals surface area (Å²) in [6.45, 7) is 0. The number of anilines is 1. The Morgan fingerprint density at radius 1 is 1.26 bits per heavy atom. The molecule has 1 aromatic carbocycles. The van der Waals surface area contributed by atoms with E-state index in [2.05, 4.69) is 10.3 Å². The molecule has 0 unspecified atom stereocenters. The molecular weight excluding hydrogens is 270 g/mol. The van der Waals surface area contributed by atoms with Crippen LogP contribution >= 0.6 is 11.8 Å². The van der Waals surface area contributed by atoms with Crippen molar-refractivity contribution in [1.82, 2.24) is 4.98 Å². The van der Waals surface area contributed by atoms with Crippen LogP contribution in [0.25, 0.3) is 0 Å². The third-order valence-corrected chi connectivity index (χ3v) is 3.14.